The lowest BCUT2D eigenvalue weighted by Gasteiger charge is -2.09. The number of aryl methyl sites for hydroxylation is 1. The van der Waals surface area contributed by atoms with Crippen LogP contribution in [0.4, 0.5) is 0 Å². The molecule has 0 saturated carbocycles. The molecule has 0 spiro atoms. The normalized spacial score (nSPS) is 12.9. The van der Waals surface area contributed by atoms with Crippen molar-refractivity contribution in [1.82, 2.24) is 15.0 Å². The smallest absolute Gasteiger partial charge is 0.320 e. The maximum Gasteiger partial charge on any atom is 0.320 e. The minimum Gasteiger partial charge on any atom is -0.507 e. The number of benzene rings is 2. The number of allylic oxidation sites excluding steroid dienone is 1. The number of fused-ring (bicyclic) bond motifs is 3. The quantitative estimate of drug-likeness (QED) is 0.530. The third-order valence-corrected chi connectivity index (χ3v) is 6.11. The van der Waals surface area contributed by atoms with Crippen molar-refractivity contribution in [2.45, 2.75) is 12.8 Å². The molecule has 0 bridgehead atoms. The summed E-state index contributed by atoms with van der Waals surface area (Å²) in [6.07, 6.45) is 6.55. The summed E-state index contributed by atoms with van der Waals surface area (Å²) in [6, 6.07) is 13.5. The number of thiophene rings is 1. The Balaban J connectivity index is 1.74. The van der Waals surface area contributed by atoms with Crippen molar-refractivity contribution in [2.75, 3.05) is 7.11 Å². The Kier molecular flexibility index (Phi) is 4.06. The Bertz CT molecular complexity index is 1230. The van der Waals surface area contributed by atoms with Crippen LogP contribution in [0.2, 0.25) is 0 Å². The molecule has 5 nitrogen and oxygen atoms in total. The number of hydrogen-bond donors (Lipinski definition) is 1. The molecule has 0 atom stereocenters. The molecule has 4 aromatic rings. The van der Waals surface area contributed by atoms with Gasteiger partial charge in [-0.05, 0) is 48.1 Å². The number of nitrogens with zero attached hydrogens (tertiary/aromatic N) is 3. The highest BCUT2D eigenvalue weighted by molar-refractivity contribution is 7.20. The molecule has 0 amide bonds. The highest BCUT2D eigenvalue weighted by Crippen LogP contribution is 2.40. The summed E-state index contributed by atoms with van der Waals surface area (Å²) in [5, 5.41) is 11.5. The number of ether oxygens (including phenoxy) is 1. The number of rotatable bonds is 3. The topological polar surface area (TPSA) is 68.1 Å². The van der Waals surface area contributed by atoms with Crippen LogP contribution in [0.15, 0.2) is 48.5 Å². The maximum absolute atomic E-state index is 10.2. The molecular formula is C22H17N3O2S. The van der Waals surface area contributed by atoms with Crippen LogP contribution in [0.25, 0.3) is 38.9 Å². The zero-order valence-corrected chi connectivity index (χ0v) is 16.0. The van der Waals surface area contributed by atoms with Crippen LogP contribution in [0, 0.1) is 0 Å². The number of phenolic OH excluding ortho intramolecular Hbond substituents is 1. The number of para-hydroxylation sites is 1. The van der Waals surface area contributed by atoms with Gasteiger partial charge in [-0.1, -0.05) is 30.3 Å². The van der Waals surface area contributed by atoms with Crippen molar-refractivity contribution >= 4 is 27.5 Å². The highest BCUT2D eigenvalue weighted by atomic mass is 32.1. The molecule has 2 heterocycles. The summed E-state index contributed by atoms with van der Waals surface area (Å²) in [6.45, 7) is 0. The van der Waals surface area contributed by atoms with Gasteiger partial charge in [-0.15, -0.1) is 11.3 Å². The zero-order valence-electron chi connectivity index (χ0n) is 15.2. The van der Waals surface area contributed by atoms with E-state index in [-0.39, 0.29) is 11.8 Å². The van der Waals surface area contributed by atoms with Crippen molar-refractivity contribution < 1.29 is 9.84 Å². The van der Waals surface area contributed by atoms with Crippen LogP contribution < -0.4 is 4.74 Å². The van der Waals surface area contributed by atoms with E-state index in [9.17, 15) is 5.11 Å². The van der Waals surface area contributed by atoms with E-state index < -0.39 is 0 Å². The van der Waals surface area contributed by atoms with E-state index in [4.69, 9.17) is 4.74 Å². The number of aromatic nitrogens is 3. The first-order valence-corrected chi connectivity index (χ1v) is 9.86. The Morgan fingerprint density at radius 1 is 0.964 bits per heavy atom. The Morgan fingerprint density at radius 3 is 2.57 bits per heavy atom. The fourth-order valence-electron chi connectivity index (χ4n) is 3.53. The van der Waals surface area contributed by atoms with E-state index in [1.165, 1.54) is 22.9 Å². The predicted molar refractivity (Wildman–Crippen MR) is 112 cm³/mol. The van der Waals surface area contributed by atoms with Crippen LogP contribution in [0.5, 0.6) is 11.8 Å². The van der Waals surface area contributed by atoms with Crippen LogP contribution in [-0.4, -0.2) is 27.2 Å². The van der Waals surface area contributed by atoms with Gasteiger partial charge in [0.2, 0.25) is 0 Å². The third-order valence-electron chi connectivity index (χ3n) is 4.86. The van der Waals surface area contributed by atoms with Gasteiger partial charge in [0, 0.05) is 15.1 Å². The molecular weight excluding hydrogens is 370 g/mol. The minimum atomic E-state index is 0.122. The van der Waals surface area contributed by atoms with Gasteiger partial charge in [-0.25, -0.2) is 4.98 Å². The van der Waals surface area contributed by atoms with E-state index in [0.717, 1.165) is 23.1 Å². The van der Waals surface area contributed by atoms with E-state index in [1.807, 2.05) is 18.2 Å². The average Bonchev–Trinajstić information content (AvgIpc) is 3.12. The van der Waals surface area contributed by atoms with Crippen LogP contribution in [0.3, 0.4) is 0 Å². The first kappa shape index (κ1) is 16.9. The molecule has 5 rings (SSSR count). The Hall–Kier alpha value is -3.25. The lowest BCUT2D eigenvalue weighted by atomic mass is 10.00. The fourth-order valence-corrected chi connectivity index (χ4v) is 4.82. The van der Waals surface area contributed by atoms with Gasteiger partial charge in [0.25, 0.3) is 0 Å². The largest absolute Gasteiger partial charge is 0.507 e. The lowest BCUT2D eigenvalue weighted by Crippen LogP contribution is -2.00. The van der Waals surface area contributed by atoms with Crippen molar-refractivity contribution in [2.24, 2.45) is 0 Å². The van der Waals surface area contributed by atoms with E-state index >= 15 is 0 Å². The van der Waals surface area contributed by atoms with Crippen molar-refractivity contribution in [3.05, 3.63) is 59.0 Å². The molecule has 0 fully saturated rings. The van der Waals surface area contributed by atoms with Gasteiger partial charge in [0.1, 0.15) is 5.75 Å². The van der Waals surface area contributed by atoms with E-state index in [2.05, 4.69) is 33.2 Å². The fraction of sp³-hybridized carbons (Fsp3) is 0.136. The van der Waals surface area contributed by atoms with Crippen LogP contribution in [0.1, 0.15) is 16.9 Å². The molecule has 28 heavy (non-hydrogen) atoms. The number of phenols is 1. The van der Waals surface area contributed by atoms with Crippen molar-refractivity contribution in [3.8, 4) is 34.5 Å². The van der Waals surface area contributed by atoms with Gasteiger partial charge in [-0.3, -0.25) is 0 Å². The van der Waals surface area contributed by atoms with E-state index in [0.29, 0.717) is 17.2 Å². The molecule has 0 saturated heterocycles. The molecule has 0 unspecified atom stereocenters. The molecule has 1 aliphatic rings. The number of methoxy groups -OCH3 is 1. The number of aromatic hydroxyl groups is 1. The van der Waals surface area contributed by atoms with Gasteiger partial charge < -0.3 is 9.84 Å². The Morgan fingerprint density at radius 2 is 1.75 bits per heavy atom. The molecule has 2 aromatic heterocycles. The second-order valence-electron chi connectivity index (χ2n) is 6.55. The summed E-state index contributed by atoms with van der Waals surface area (Å²) < 4.78 is 6.48. The minimum absolute atomic E-state index is 0.122. The highest BCUT2D eigenvalue weighted by Gasteiger charge is 2.19. The average molecular weight is 387 g/mol. The summed E-state index contributed by atoms with van der Waals surface area (Å²) in [4.78, 5) is 14.8. The molecule has 0 radical (unpaired) electrons. The van der Waals surface area contributed by atoms with Gasteiger partial charge in [0.15, 0.2) is 11.6 Å². The van der Waals surface area contributed by atoms with Gasteiger partial charge in [0.05, 0.1) is 12.7 Å². The van der Waals surface area contributed by atoms with Crippen LogP contribution in [-0.2, 0) is 6.42 Å². The lowest BCUT2D eigenvalue weighted by molar-refractivity contribution is 0.379. The van der Waals surface area contributed by atoms with Crippen LogP contribution >= 0.6 is 11.3 Å². The predicted octanol–water partition coefficient (Wildman–Crippen LogP) is 5.09. The molecule has 1 N–H and O–H groups in total. The molecule has 138 valence electrons. The summed E-state index contributed by atoms with van der Waals surface area (Å²) in [7, 11) is 1.53. The molecule has 1 aliphatic carbocycles. The Labute approximate surface area is 166 Å². The first-order valence-electron chi connectivity index (χ1n) is 9.04. The van der Waals surface area contributed by atoms with Crippen molar-refractivity contribution in [3.63, 3.8) is 0 Å². The van der Waals surface area contributed by atoms with E-state index in [1.54, 1.807) is 29.5 Å². The van der Waals surface area contributed by atoms with Gasteiger partial charge >= 0.3 is 6.01 Å². The number of hydrogen-bond acceptors (Lipinski definition) is 6. The summed E-state index contributed by atoms with van der Waals surface area (Å²) in [5.74, 6) is 1.05. The second kappa shape index (κ2) is 6.73. The molecule has 2 aromatic carbocycles. The second-order valence-corrected chi connectivity index (χ2v) is 7.61. The monoisotopic (exact) mass is 387 g/mol. The summed E-state index contributed by atoms with van der Waals surface area (Å²) in [5.41, 5.74) is 2.89. The first-order chi connectivity index (χ1) is 13.7. The SMILES string of the molecule is COc1nc(-c2ccccc2O)nc(-c2cccc3c4c(sc23)C=CCC4)n1. The molecule has 6 heteroatoms. The molecule has 0 aliphatic heterocycles. The maximum atomic E-state index is 10.2. The summed E-state index contributed by atoms with van der Waals surface area (Å²) >= 11 is 1.76. The van der Waals surface area contributed by atoms with Gasteiger partial charge in [-0.2, -0.15) is 9.97 Å². The van der Waals surface area contributed by atoms with Crippen molar-refractivity contribution in [1.29, 1.82) is 0 Å². The third kappa shape index (κ3) is 2.73. The zero-order chi connectivity index (χ0) is 19.1. The standard InChI is InChI=1S/C22H17N3O2S/c1-27-22-24-20(15-8-2-4-11-17(15)26)23-21(25-22)16-10-6-9-14-13-7-3-5-12-18(13)28-19(14)16/h2,4-6,8-12,26H,3,7H2,1H3.